The standard InChI is InChI=1S/C15H20FNO3/c1-4-20-15(19)10-9-14(18)17(3)11(2)12-5-7-13(16)8-6-12/h5-8,11H,4,9-10H2,1-3H3. The van der Waals surface area contributed by atoms with Crippen LogP contribution in [-0.4, -0.2) is 30.4 Å². The summed E-state index contributed by atoms with van der Waals surface area (Å²) in [6.45, 7) is 3.90. The summed E-state index contributed by atoms with van der Waals surface area (Å²) in [4.78, 5) is 24.7. The van der Waals surface area contributed by atoms with Gasteiger partial charge in [0.1, 0.15) is 5.82 Å². The molecular formula is C15H20FNO3. The van der Waals surface area contributed by atoms with Gasteiger partial charge in [-0.1, -0.05) is 12.1 Å². The van der Waals surface area contributed by atoms with Crippen LogP contribution in [0.15, 0.2) is 24.3 Å². The molecule has 0 saturated carbocycles. The molecule has 110 valence electrons. The lowest BCUT2D eigenvalue weighted by Crippen LogP contribution is -2.30. The molecule has 0 heterocycles. The van der Waals surface area contributed by atoms with Crippen LogP contribution in [0, 0.1) is 5.82 Å². The van der Waals surface area contributed by atoms with Crippen molar-refractivity contribution in [3.8, 4) is 0 Å². The van der Waals surface area contributed by atoms with Gasteiger partial charge in [-0.15, -0.1) is 0 Å². The molecule has 0 aromatic heterocycles. The van der Waals surface area contributed by atoms with Gasteiger partial charge in [-0.25, -0.2) is 4.39 Å². The average Bonchev–Trinajstić information content (AvgIpc) is 2.44. The van der Waals surface area contributed by atoms with Crippen LogP contribution in [0.1, 0.15) is 38.3 Å². The van der Waals surface area contributed by atoms with Gasteiger partial charge in [-0.2, -0.15) is 0 Å². The Labute approximate surface area is 118 Å². The number of nitrogens with zero attached hydrogens (tertiary/aromatic N) is 1. The summed E-state index contributed by atoms with van der Waals surface area (Å²) in [6.07, 6.45) is 0.189. The first-order valence-electron chi connectivity index (χ1n) is 6.62. The normalized spacial score (nSPS) is 11.8. The van der Waals surface area contributed by atoms with E-state index in [1.54, 1.807) is 31.0 Å². The molecule has 0 aliphatic carbocycles. The van der Waals surface area contributed by atoms with Gasteiger partial charge in [0.15, 0.2) is 0 Å². The Hall–Kier alpha value is -1.91. The lowest BCUT2D eigenvalue weighted by atomic mass is 10.1. The van der Waals surface area contributed by atoms with Gasteiger partial charge in [0.2, 0.25) is 5.91 Å². The summed E-state index contributed by atoms with van der Waals surface area (Å²) in [5.74, 6) is -0.823. The number of benzene rings is 1. The number of hydrogen-bond acceptors (Lipinski definition) is 3. The zero-order valence-corrected chi connectivity index (χ0v) is 12.1. The summed E-state index contributed by atoms with van der Waals surface area (Å²) in [5.41, 5.74) is 0.846. The number of hydrogen-bond donors (Lipinski definition) is 0. The number of rotatable bonds is 6. The van der Waals surface area contributed by atoms with Crippen molar-refractivity contribution in [3.63, 3.8) is 0 Å². The fourth-order valence-corrected chi connectivity index (χ4v) is 1.80. The highest BCUT2D eigenvalue weighted by Gasteiger charge is 2.18. The van der Waals surface area contributed by atoms with E-state index in [2.05, 4.69) is 0 Å². The molecular weight excluding hydrogens is 261 g/mol. The molecule has 0 aliphatic rings. The number of amides is 1. The van der Waals surface area contributed by atoms with Crippen LogP contribution < -0.4 is 0 Å². The minimum Gasteiger partial charge on any atom is -0.466 e. The lowest BCUT2D eigenvalue weighted by molar-refractivity contribution is -0.145. The molecule has 0 spiro atoms. The van der Waals surface area contributed by atoms with Crippen molar-refractivity contribution >= 4 is 11.9 Å². The largest absolute Gasteiger partial charge is 0.466 e. The van der Waals surface area contributed by atoms with Gasteiger partial charge in [-0.3, -0.25) is 9.59 Å². The molecule has 20 heavy (non-hydrogen) atoms. The summed E-state index contributed by atoms with van der Waals surface area (Å²) in [6, 6.07) is 5.85. The van der Waals surface area contributed by atoms with Crippen molar-refractivity contribution in [1.82, 2.24) is 4.90 Å². The van der Waals surface area contributed by atoms with Crippen molar-refractivity contribution in [2.75, 3.05) is 13.7 Å². The first kappa shape index (κ1) is 16.1. The van der Waals surface area contributed by atoms with Gasteiger partial charge in [0.05, 0.1) is 19.1 Å². The highest BCUT2D eigenvalue weighted by atomic mass is 19.1. The Morgan fingerprint density at radius 2 is 1.85 bits per heavy atom. The van der Waals surface area contributed by atoms with E-state index in [1.165, 1.54) is 12.1 Å². The molecule has 1 rings (SSSR count). The Morgan fingerprint density at radius 3 is 2.40 bits per heavy atom. The number of esters is 1. The van der Waals surface area contributed by atoms with Gasteiger partial charge in [0, 0.05) is 13.5 Å². The van der Waals surface area contributed by atoms with Crippen LogP contribution >= 0.6 is 0 Å². The van der Waals surface area contributed by atoms with Crippen LogP contribution in [0.4, 0.5) is 4.39 Å². The molecule has 5 heteroatoms. The minimum absolute atomic E-state index is 0.0765. The Kier molecular flexibility index (Phi) is 6.15. The van der Waals surface area contributed by atoms with Crippen molar-refractivity contribution in [3.05, 3.63) is 35.6 Å². The molecule has 0 aliphatic heterocycles. The highest BCUT2D eigenvalue weighted by Crippen LogP contribution is 2.20. The SMILES string of the molecule is CCOC(=O)CCC(=O)N(C)C(C)c1ccc(F)cc1. The first-order chi connectivity index (χ1) is 9.45. The molecule has 1 amide bonds. The van der Waals surface area contributed by atoms with Crippen molar-refractivity contribution in [2.24, 2.45) is 0 Å². The molecule has 0 saturated heterocycles. The summed E-state index contributed by atoms with van der Waals surface area (Å²) < 4.78 is 17.6. The maximum atomic E-state index is 12.9. The zero-order valence-electron chi connectivity index (χ0n) is 12.1. The van der Waals surface area contributed by atoms with Crippen LogP contribution in [0.5, 0.6) is 0 Å². The fourth-order valence-electron chi connectivity index (χ4n) is 1.80. The second-order valence-electron chi connectivity index (χ2n) is 4.54. The molecule has 0 bridgehead atoms. The number of carbonyl (C=O) groups excluding carboxylic acids is 2. The maximum absolute atomic E-state index is 12.9. The van der Waals surface area contributed by atoms with Crippen molar-refractivity contribution in [1.29, 1.82) is 0 Å². The number of ether oxygens (including phenoxy) is 1. The third kappa shape index (κ3) is 4.64. The fraction of sp³-hybridized carbons (Fsp3) is 0.467. The Balaban J connectivity index is 2.55. The van der Waals surface area contributed by atoms with E-state index >= 15 is 0 Å². The number of carbonyl (C=O) groups is 2. The third-order valence-electron chi connectivity index (χ3n) is 3.18. The lowest BCUT2D eigenvalue weighted by Gasteiger charge is -2.25. The summed E-state index contributed by atoms with van der Waals surface area (Å²) in [5, 5.41) is 0. The quantitative estimate of drug-likeness (QED) is 0.753. The van der Waals surface area contributed by atoms with E-state index in [-0.39, 0.29) is 36.6 Å². The molecule has 4 nitrogen and oxygen atoms in total. The topological polar surface area (TPSA) is 46.6 Å². The van der Waals surface area contributed by atoms with Crippen LogP contribution in [0.3, 0.4) is 0 Å². The van der Waals surface area contributed by atoms with Gasteiger partial charge in [0.25, 0.3) is 0 Å². The Bertz CT molecular complexity index is 459. The molecule has 1 aromatic rings. The molecule has 1 unspecified atom stereocenters. The van der Waals surface area contributed by atoms with Crippen molar-refractivity contribution in [2.45, 2.75) is 32.7 Å². The number of halogens is 1. The first-order valence-corrected chi connectivity index (χ1v) is 6.62. The maximum Gasteiger partial charge on any atom is 0.306 e. The summed E-state index contributed by atoms with van der Waals surface area (Å²) in [7, 11) is 1.67. The predicted octanol–water partition coefficient (Wildman–Crippen LogP) is 2.69. The van der Waals surface area contributed by atoms with Gasteiger partial charge < -0.3 is 9.64 Å². The van der Waals surface area contributed by atoms with Crippen LogP contribution in [-0.2, 0) is 14.3 Å². The zero-order chi connectivity index (χ0) is 15.1. The van der Waals surface area contributed by atoms with E-state index < -0.39 is 0 Å². The van der Waals surface area contributed by atoms with Crippen LogP contribution in [0.2, 0.25) is 0 Å². The van der Waals surface area contributed by atoms with E-state index in [4.69, 9.17) is 4.74 Å². The second kappa shape index (κ2) is 7.62. The summed E-state index contributed by atoms with van der Waals surface area (Å²) >= 11 is 0. The van der Waals surface area contributed by atoms with Gasteiger partial charge in [-0.05, 0) is 31.5 Å². The molecule has 0 fully saturated rings. The molecule has 1 atom stereocenters. The van der Waals surface area contributed by atoms with E-state index in [0.717, 1.165) is 5.56 Å². The van der Waals surface area contributed by atoms with E-state index in [0.29, 0.717) is 6.61 Å². The minimum atomic E-state index is -0.372. The monoisotopic (exact) mass is 281 g/mol. The third-order valence-corrected chi connectivity index (χ3v) is 3.18. The highest BCUT2D eigenvalue weighted by molar-refractivity contribution is 5.81. The van der Waals surface area contributed by atoms with Crippen molar-refractivity contribution < 1.29 is 18.7 Å². The Morgan fingerprint density at radius 1 is 1.25 bits per heavy atom. The smallest absolute Gasteiger partial charge is 0.306 e. The molecule has 0 N–H and O–H groups in total. The average molecular weight is 281 g/mol. The molecule has 1 aromatic carbocycles. The predicted molar refractivity (Wildman–Crippen MR) is 73.5 cm³/mol. The van der Waals surface area contributed by atoms with Gasteiger partial charge >= 0.3 is 5.97 Å². The van der Waals surface area contributed by atoms with Crippen LogP contribution in [0.25, 0.3) is 0 Å². The van der Waals surface area contributed by atoms with E-state index in [1.807, 2.05) is 6.92 Å². The molecule has 0 radical (unpaired) electrons. The van der Waals surface area contributed by atoms with E-state index in [9.17, 15) is 14.0 Å². The second-order valence-corrected chi connectivity index (χ2v) is 4.54.